The number of H-pyrrole nitrogens is 1. The molecule has 0 spiro atoms. The summed E-state index contributed by atoms with van der Waals surface area (Å²) in [5.41, 5.74) is -0.155. The van der Waals surface area contributed by atoms with E-state index in [9.17, 15) is 4.79 Å². The minimum atomic E-state index is -0.155. The Morgan fingerprint density at radius 2 is 2.20 bits per heavy atom. The molecule has 0 bridgehead atoms. The van der Waals surface area contributed by atoms with E-state index < -0.39 is 0 Å². The fourth-order valence-electron chi connectivity index (χ4n) is 2.54. The number of aliphatic hydroxyl groups is 1. The Morgan fingerprint density at radius 3 is 2.80 bits per heavy atom. The molecule has 1 unspecified atom stereocenters. The van der Waals surface area contributed by atoms with Crippen LogP contribution in [0.25, 0.3) is 0 Å². The molecule has 0 aromatic carbocycles. The van der Waals surface area contributed by atoms with Crippen molar-refractivity contribution in [2.75, 3.05) is 13.2 Å². The molecule has 6 heteroatoms. The fourth-order valence-corrected chi connectivity index (χ4v) is 2.54. The van der Waals surface area contributed by atoms with Gasteiger partial charge >= 0.3 is 0 Å². The van der Waals surface area contributed by atoms with Crippen molar-refractivity contribution in [3.05, 3.63) is 11.6 Å². The summed E-state index contributed by atoms with van der Waals surface area (Å²) in [6.07, 6.45) is 3.69. The standard InChI is InChI=1S/C14H24N4O2/c1-14(2,3)13-15-11(16-17-13)12(20)18-8-5-4-6-10(18)7-9-19/h10,19H,4-9H2,1-3H3,(H,15,16,17). The lowest BCUT2D eigenvalue weighted by Gasteiger charge is -2.34. The largest absolute Gasteiger partial charge is 0.396 e. The third-order valence-corrected chi connectivity index (χ3v) is 3.74. The highest BCUT2D eigenvalue weighted by molar-refractivity contribution is 5.90. The summed E-state index contributed by atoms with van der Waals surface area (Å²) in [7, 11) is 0. The second kappa shape index (κ2) is 5.91. The first kappa shape index (κ1) is 15.0. The quantitative estimate of drug-likeness (QED) is 0.878. The molecule has 0 saturated carbocycles. The molecule has 1 aromatic heterocycles. The molecular weight excluding hydrogens is 256 g/mol. The van der Waals surface area contributed by atoms with Crippen LogP contribution in [-0.4, -0.2) is 50.3 Å². The average Bonchev–Trinajstić information content (AvgIpc) is 2.88. The molecule has 20 heavy (non-hydrogen) atoms. The van der Waals surface area contributed by atoms with Crippen molar-refractivity contribution in [3.63, 3.8) is 0 Å². The van der Waals surface area contributed by atoms with Gasteiger partial charge in [0.25, 0.3) is 5.91 Å². The van der Waals surface area contributed by atoms with E-state index in [2.05, 4.69) is 15.2 Å². The topological polar surface area (TPSA) is 82.1 Å². The van der Waals surface area contributed by atoms with E-state index in [-0.39, 0.29) is 29.8 Å². The molecule has 2 rings (SSSR count). The van der Waals surface area contributed by atoms with Crippen molar-refractivity contribution in [3.8, 4) is 0 Å². The summed E-state index contributed by atoms with van der Waals surface area (Å²) >= 11 is 0. The Balaban J connectivity index is 2.15. The third-order valence-electron chi connectivity index (χ3n) is 3.74. The number of hydrogen-bond acceptors (Lipinski definition) is 4. The Labute approximate surface area is 119 Å². The number of aromatic nitrogens is 3. The number of hydrogen-bond donors (Lipinski definition) is 2. The smallest absolute Gasteiger partial charge is 0.293 e. The zero-order chi connectivity index (χ0) is 14.8. The van der Waals surface area contributed by atoms with Crippen molar-refractivity contribution >= 4 is 5.91 Å². The molecule has 6 nitrogen and oxygen atoms in total. The summed E-state index contributed by atoms with van der Waals surface area (Å²) in [6.45, 7) is 6.91. The monoisotopic (exact) mass is 280 g/mol. The summed E-state index contributed by atoms with van der Waals surface area (Å²) in [6, 6.07) is 0.109. The van der Waals surface area contributed by atoms with Gasteiger partial charge in [0, 0.05) is 24.6 Å². The normalized spacial score (nSPS) is 20.2. The van der Waals surface area contributed by atoms with Gasteiger partial charge in [-0.2, -0.15) is 0 Å². The lowest BCUT2D eigenvalue weighted by Crippen LogP contribution is -2.44. The van der Waals surface area contributed by atoms with E-state index in [1.54, 1.807) is 0 Å². The Hall–Kier alpha value is -1.43. The number of carbonyl (C=O) groups excluding carboxylic acids is 1. The number of amides is 1. The van der Waals surface area contributed by atoms with Crippen LogP contribution in [-0.2, 0) is 5.41 Å². The van der Waals surface area contributed by atoms with Crippen molar-refractivity contribution in [2.24, 2.45) is 0 Å². The SMILES string of the molecule is CC(C)(C)c1nc(C(=O)N2CCCCC2CCO)n[nH]1. The van der Waals surface area contributed by atoms with E-state index in [1.807, 2.05) is 25.7 Å². The highest BCUT2D eigenvalue weighted by atomic mass is 16.3. The van der Waals surface area contributed by atoms with E-state index in [0.29, 0.717) is 6.42 Å². The molecular formula is C14H24N4O2. The van der Waals surface area contributed by atoms with Gasteiger partial charge in [0.15, 0.2) is 0 Å². The van der Waals surface area contributed by atoms with Crippen molar-refractivity contribution in [1.29, 1.82) is 0 Å². The molecule has 1 atom stereocenters. The summed E-state index contributed by atoms with van der Waals surface area (Å²) in [5.74, 6) is 0.825. The number of rotatable bonds is 3. The maximum absolute atomic E-state index is 12.5. The van der Waals surface area contributed by atoms with Gasteiger partial charge in [0.05, 0.1) is 0 Å². The average molecular weight is 280 g/mol. The van der Waals surface area contributed by atoms with Crippen LogP contribution in [0.2, 0.25) is 0 Å². The van der Waals surface area contributed by atoms with Crippen LogP contribution < -0.4 is 0 Å². The van der Waals surface area contributed by atoms with Gasteiger partial charge in [-0.25, -0.2) is 4.98 Å². The lowest BCUT2D eigenvalue weighted by atomic mass is 9.96. The first-order valence-corrected chi connectivity index (χ1v) is 7.28. The number of likely N-dealkylation sites (tertiary alicyclic amines) is 1. The number of nitrogens with zero attached hydrogens (tertiary/aromatic N) is 3. The zero-order valence-electron chi connectivity index (χ0n) is 12.5. The molecule has 112 valence electrons. The highest BCUT2D eigenvalue weighted by Gasteiger charge is 2.30. The second-order valence-corrected chi connectivity index (χ2v) is 6.42. The number of aromatic amines is 1. The van der Waals surface area contributed by atoms with E-state index in [0.717, 1.165) is 31.6 Å². The minimum Gasteiger partial charge on any atom is -0.396 e. The lowest BCUT2D eigenvalue weighted by molar-refractivity contribution is 0.0562. The summed E-state index contributed by atoms with van der Waals surface area (Å²) < 4.78 is 0. The Bertz CT molecular complexity index is 462. The van der Waals surface area contributed by atoms with Crippen LogP contribution in [0, 0.1) is 0 Å². The molecule has 1 saturated heterocycles. The predicted molar refractivity (Wildman–Crippen MR) is 75.5 cm³/mol. The Morgan fingerprint density at radius 1 is 1.45 bits per heavy atom. The number of nitrogens with one attached hydrogen (secondary N) is 1. The van der Waals surface area contributed by atoms with Gasteiger partial charge in [0.1, 0.15) is 5.82 Å². The first-order valence-electron chi connectivity index (χ1n) is 7.28. The van der Waals surface area contributed by atoms with E-state index in [1.165, 1.54) is 0 Å². The molecule has 0 aliphatic carbocycles. The van der Waals surface area contributed by atoms with Gasteiger partial charge in [-0.05, 0) is 25.7 Å². The van der Waals surface area contributed by atoms with Crippen LogP contribution in [0.5, 0.6) is 0 Å². The van der Waals surface area contributed by atoms with Gasteiger partial charge in [-0.1, -0.05) is 20.8 Å². The molecule has 1 aliphatic rings. The maximum atomic E-state index is 12.5. The molecule has 2 heterocycles. The first-order chi connectivity index (χ1) is 9.43. The number of piperidine rings is 1. The highest BCUT2D eigenvalue weighted by Crippen LogP contribution is 2.22. The molecule has 1 fully saturated rings. The van der Waals surface area contributed by atoms with E-state index in [4.69, 9.17) is 5.11 Å². The summed E-state index contributed by atoms with van der Waals surface area (Å²) in [4.78, 5) is 18.7. The third kappa shape index (κ3) is 3.17. The minimum absolute atomic E-state index is 0.107. The van der Waals surface area contributed by atoms with Crippen LogP contribution in [0.3, 0.4) is 0 Å². The fraction of sp³-hybridized carbons (Fsp3) is 0.786. The van der Waals surface area contributed by atoms with Crippen molar-refractivity contribution in [2.45, 2.75) is 57.9 Å². The second-order valence-electron chi connectivity index (χ2n) is 6.42. The summed E-state index contributed by atoms with van der Waals surface area (Å²) in [5, 5.41) is 16.0. The molecule has 1 aliphatic heterocycles. The zero-order valence-corrected chi connectivity index (χ0v) is 12.5. The predicted octanol–water partition coefficient (Wildman–Crippen LogP) is 1.48. The van der Waals surface area contributed by atoms with E-state index >= 15 is 0 Å². The molecule has 1 aromatic rings. The Kier molecular flexibility index (Phi) is 4.42. The molecule has 0 radical (unpaired) electrons. The van der Waals surface area contributed by atoms with Gasteiger partial charge in [0.2, 0.25) is 5.82 Å². The van der Waals surface area contributed by atoms with Crippen LogP contribution >= 0.6 is 0 Å². The van der Waals surface area contributed by atoms with Crippen LogP contribution in [0.15, 0.2) is 0 Å². The molecule has 2 N–H and O–H groups in total. The van der Waals surface area contributed by atoms with Crippen molar-refractivity contribution in [1.82, 2.24) is 20.1 Å². The van der Waals surface area contributed by atoms with Gasteiger partial charge < -0.3 is 10.0 Å². The number of aliphatic hydroxyl groups excluding tert-OH is 1. The van der Waals surface area contributed by atoms with Gasteiger partial charge in [-0.15, -0.1) is 5.10 Å². The van der Waals surface area contributed by atoms with Crippen molar-refractivity contribution < 1.29 is 9.90 Å². The van der Waals surface area contributed by atoms with Gasteiger partial charge in [-0.3, -0.25) is 9.89 Å². The molecule has 1 amide bonds. The number of carbonyl (C=O) groups is 1. The maximum Gasteiger partial charge on any atom is 0.293 e. The van der Waals surface area contributed by atoms with Crippen LogP contribution in [0.1, 0.15) is 62.9 Å². The van der Waals surface area contributed by atoms with Crippen LogP contribution in [0.4, 0.5) is 0 Å².